The second kappa shape index (κ2) is 7.85. The first-order valence-electron chi connectivity index (χ1n) is 10.3. The smallest absolute Gasteiger partial charge is 0.291 e. The Morgan fingerprint density at radius 3 is 2.75 bits per heavy atom. The van der Waals surface area contributed by atoms with E-state index in [9.17, 15) is 14.7 Å². The molecule has 1 aliphatic heterocycles. The van der Waals surface area contributed by atoms with E-state index in [-0.39, 0.29) is 40.7 Å². The van der Waals surface area contributed by atoms with E-state index < -0.39 is 6.04 Å². The van der Waals surface area contributed by atoms with E-state index in [1.165, 1.54) is 6.07 Å². The number of hydrogen-bond acceptors (Lipinski definition) is 6. The van der Waals surface area contributed by atoms with Crippen molar-refractivity contribution in [2.24, 2.45) is 0 Å². The van der Waals surface area contributed by atoms with E-state index in [0.717, 1.165) is 5.56 Å². The molecule has 3 heterocycles. The average Bonchev–Trinajstić information content (AvgIpc) is 3.08. The van der Waals surface area contributed by atoms with Crippen molar-refractivity contribution in [2.45, 2.75) is 19.5 Å². The number of aromatic nitrogens is 1. The van der Waals surface area contributed by atoms with Gasteiger partial charge in [-0.1, -0.05) is 24.3 Å². The van der Waals surface area contributed by atoms with Crippen LogP contribution in [0.25, 0.3) is 11.0 Å². The number of ether oxygens (including phenoxy) is 1. The molecular weight excluding hydrogens is 408 g/mol. The first kappa shape index (κ1) is 19.8. The molecule has 0 unspecified atom stereocenters. The fraction of sp³-hybridized carbons (Fsp3) is 0.160. The summed E-state index contributed by atoms with van der Waals surface area (Å²) in [6.45, 7) is 2.42. The number of aromatic hydroxyl groups is 1. The molecule has 160 valence electrons. The summed E-state index contributed by atoms with van der Waals surface area (Å²) in [6, 6.07) is 14.7. The summed E-state index contributed by atoms with van der Waals surface area (Å²) in [5, 5.41) is 10.6. The lowest BCUT2D eigenvalue weighted by molar-refractivity contribution is 0.0714. The van der Waals surface area contributed by atoms with Crippen LogP contribution in [0, 0.1) is 0 Å². The third-order valence-electron chi connectivity index (χ3n) is 5.55. The van der Waals surface area contributed by atoms with Crippen molar-refractivity contribution >= 4 is 16.9 Å². The fourth-order valence-corrected chi connectivity index (χ4v) is 4.14. The molecule has 7 heteroatoms. The van der Waals surface area contributed by atoms with E-state index in [4.69, 9.17) is 9.15 Å². The molecule has 4 aromatic rings. The number of para-hydroxylation sites is 1. The molecule has 0 spiro atoms. The van der Waals surface area contributed by atoms with Crippen LogP contribution in [0.5, 0.6) is 11.5 Å². The number of rotatable bonds is 5. The lowest BCUT2D eigenvalue weighted by Gasteiger charge is -2.25. The molecule has 5 rings (SSSR count). The van der Waals surface area contributed by atoms with E-state index >= 15 is 0 Å². The number of carbonyl (C=O) groups excluding carboxylic acids is 1. The van der Waals surface area contributed by atoms with Gasteiger partial charge in [0.15, 0.2) is 16.9 Å². The third kappa shape index (κ3) is 3.19. The Morgan fingerprint density at radius 1 is 1.12 bits per heavy atom. The number of phenols is 1. The van der Waals surface area contributed by atoms with Gasteiger partial charge in [-0.3, -0.25) is 14.6 Å². The van der Waals surface area contributed by atoms with E-state index in [2.05, 4.69) is 4.98 Å². The van der Waals surface area contributed by atoms with Gasteiger partial charge < -0.3 is 19.2 Å². The van der Waals surface area contributed by atoms with Gasteiger partial charge in [0.05, 0.1) is 23.6 Å². The Bertz CT molecular complexity index is 1380. The van der Waals surface area contributed by atoms with Crippen molar-refractivity contribution < 1.29 is 19.1 Å². The largest absolute Gasteiger partial charge is 0.504 e. The maximum Gasteiger partial charge on any atom is 0.291 e. The molecule has 0 saturated carbocycles. The zero-order valence-electron chi connectivity index (χ0n) is 17.3. The number of benzene rings is 2. The molecular formula is C25H20N2O5. The van der Waals surface area contributed by atoms with Crippen LogP contribution in [-0.2, 0) is 6.54 Å². The van der Waals surface area contributed by atoms with Crippen molar-refractivity contribution in [3.05, 3.63) is 99.7 Å². The van der Waals surface area contributed by atoms with Gasteiger partial charge in [0.1, 0.15) is 5.58 Å². The number of amides is 1. The molecule has 0 saturated heterocycles. The number of pyridine rings is 1. The van der Waals surface area contributed by atoms with Gasteiger partial charge in [-0.05, 0) is 48.4 Å². The summed E-state index contributed by atoms with van der Waals surface area (Å²) in [5.41, 5.74) is 1.86. The van der Waals surface area contributed by atoms with Crippen LogP contribution in [0.4, 0.5) is 0 Å². The highest BCUT2D eigenvalue weighted by atomic mass is 16.5. The molecule has 0 bridgehead atoms. The minimum Gasteiger partial charge on any atom is -0.504 e. The van der Waals surface area contributed by atoms with Gasteiger partial charge in [-0.2, -0.15) is 0 Å². The first-order valence-corrected chi connectivity index (χ1v) is 10.3. The van der Waals surface area contributed by atoms with Crippen molar-refractivity contribution in [2.75, 3.05) is 6.61 Å². The zero-order chi connectivity index (χ0) is 22.2. The highest BCUT2D eigenvalue weighted by Crippen LogP contribution is 2.41. The number of phenolic OH excluding ortho intramolecular Hbond substituents is 1. The van der Waals surface area contributed by atoms with Gasteiger partial charge in [0.2, 0.25) is 5.76 Å². The first-order chi connectivity index (χ1) is 15.6. The molecule has 1 atom stereocenters. The SMILES string of the molecule is CCOc1cc([C@H]2c3c(oc4ccccc4c3=O)C(=O)N2Cc2cccnc2)ccc1O. The lowest BCUT2D eigenvalue weighted by atomic mass is 9.98. The highest BCUT2D eigenvalue weighted by molar-refractivity contribution is 5.99. The molecule has 1 amide bonds. The fourth-order valence-electron chi connectivity index (χ4n) is 4.14. The molecule has 0 aliphatic carbocycles. The Kier molecular flexibility index (Phi) is 4.86. The quantitative estimate of drug-likeness (QED) is 0.516. The Labute approximate surface area is 183 Å². The van der Waals surface area contributed by atoms with Crippen molar-refractivity contribution in [1.82, 2.24) is 9.88 Å². The van der Waals surface area contributed by atoms with Crippen LogP contribution < -0.4 is 10.2 Å². The number of nitrogens with zero attached hydrogens (tertiary/aromatic N) is 2. The maximum absolute atomic E-state index is 13.5. The average molecular weight is 428 g/mol. The van der Waals surface area contributed by atoms with E-state index in [0.29, 0.717) is 23.1 Å². The molecule has 0 fully saturated rings. The lowest BCUT2D eigenvalue weighted by Crippen LogP contribution is -2.29. The normalized spacial score (nSPS) is 15.2. The van der Waals surface area contributed by atoms with Crippen LogP contribution in [0.15, 0.2) is 76.2 Å². The summed E-state index contributed by atoms with van der Waals surface area (Å²) in [7, 11) is 0. The van der Waals surface area contributed by atoms with Crippen LogP contribution in [-0.4, -0.2) is 27.5 Å². The number of fused-ring (bicyclic) bond motifs is 2. The number of carbonyl (C=O) groups is 1. The van der Waals surface area contributed by atoms with Crippen LogP contribution >= 0.6 is 0 Å². The van der Waals surface area contributed by atoms with Gasteiger partial charge in [-0.15, -0.1) is 0 Å². The van der Waals surface area contributed by atoms with Gasteiger partial charge in [0.25, 0.3) is 5.91 Å². The van der Waals surface area contributed by atoms with Crippen molar-refractivity contribution in [1.29, 1.82) is 0 Å². The molecule has 1 aliphatic rings. The maximum atomic E-state index is 13.5. The topological polar surface area (TPSA) is 92.9 Å². The summed E-state index contributed by atoms with van der Waals surface area (Å²) >= 11 is 0. The predicted octanol–water partition coefficient (Wildman–Crippen LogP) is 4.04. The van der Waals surface area contributed by atoms with Gasteiger partial charge in [-0.25, -0.2) is 0 Å². The van der Waals surface area contributed by atoms with E-state index in [1.807, 2.05) is 13.0 Å². The van der Waals surface area contributed by atoms with Gasteiger partial charge >= 0.3 is 0 Å². The summed E-state index contributed by atoms with van der Waals surface area (Å²) in [4.78, 5) is 32.7. The molecule has 2 aromatic carbocycles. The standard InChI is InChI=1S/C25H20N2O5/c1-2-31-20-12-16(9-10-18(20)28)22-21-23(29)17-7-3-4-8-19(17)32-24(21)25(30)27(22)14-15-6-5-11-26-13-15/h3-13,22,28H,2,14H2,1H3/t22-/m0/s1. The summed E-state index contributed by atoms with van der Waals surface area (Å²) < 4.78 is 11.5. The molecule has 7 nitrogen and oxygen atoms in total. The van der Waals surface area contributed by atoms with Crippen LogP contribution in [0.2, 0.25) is 0 Å². The minimum atomic E-state index is -0.696. The zero-order valence-corrected chi connectivity index (χ0v) is 17.3. The number of hydrogen-bond donors (Lipinski definition) is 1. The van der Waals surface area contributed by atoms with Gasteiger partial charge in [0, 0.05) is 18.9 Å². The molecule has 2 aromatic heterocycles. The summed E-state index contributed by atoms with van der Waals surface area (Å²) in [6.07, 6.45) is 3.34. The minimum absolute atomic E-state index is 0.00972. The van der Waals surface area contributed by atoms with Crippen LogP contribution in [0.3, 0.4) is 0 Å². The molecule has 0 radical (unpaired) electrons. The summed E-state index contributed by atoms with van der Waals surface area (Å²) in [5.74, 6) is -0.0572. The monoisotopic (exact) mass is 428 g/mol. The van der Waals surface area contributed by atoms with Crippen molar-refractivity contribution in [3.63, 3.8) is 0 Å². The second-order valence-electron chi connectivity index (χ2n) is 7.53. The second-order valence-corrected chi connectivity index (χ2v) is 7.53. The third-order valence-corrected chi connectivity index (χ3v) is 5.55. The Morgan fingerprint density at radius 2 is 1.97 bits per heavy atom. The van der Waals surface area contributed by atoms with E-state index in [1.54, 1.807) is 59.8 Å². The highest BCUT2D eigenvalue weighted by Gasteiger charge is 2.43. The Hall–Kier alpha value is -4.13. The predicted molar refractivity (Wildman–Crippen MR) is 118 cm³/mol. The molecule has 1 N–H and O–H groups in total. The Balaban J connectivity index is 1.72. The molecule has 32 heavy (non-hydrogen) atoms. The van der Waals surface area contributed by atoms with Crippen molar-refractivity contribution in [3.8, 4) is 11.5 Å². The van der Waals surface area contributed by atoms with Crippen LogP contribution in [0.1, 0.15) is 40.2 Å².